The summed E-state index contributed by atoms with van der Waals surface area (Å²) >= 11 is 0. The van der Waals surface area contributed by atoms with Crippen molar-refractivity contribution in [2.75, 3.05) is 0 Å². The van der Waals surface area contributed by atoms with Crippen molar-refractivity contribution in [3.63, 3.8) is 0 Å². The molecular weight excluding hydrogens is 160 g/mol. The van der Waals surface area contributed by atoms with Crippen LogP contribution in [0.4, 0.5) is 0 Å². The highest BCUT2D eigenvalue weighted by Crippen LogP contribution is 2.24. The Hall–Kier alpha value is -1.11. The van der Waals surface area contributed by atoms with Crippen molar-refractivity contribution < 1.29 is 4.79 Å². The lowest BCUT2D eigenvalue weighted by Gasteiger charge is -2.20. The van der Waals surface area contributed by atoms with Crippen LogP contribution < -0.4 is 0 Å². The molecule has 0 saturated carbocycles. The smallest absolute Gasteiger partial charge is 0.129 e. The SMILES string of the molecule is CCc1ccccc1C(C)(C)C=O. The van der Waals surface area contributed by atoms with Crippen LogP contribution in [0.1, 0.15) is 31.9 Å². The van der Waals surface area contributed by atoms with E-state index in [0.29, 0.717) is 0 Å². The molecule has 70 valence electrons. The number of benzene rings is 1. The van der Waals surface area contributed by atoms with Gasteiger partial charge < -0.3 is 4.79 Å². The largest absolute Gasteiger partial charge is 0.302 e. The highest BCUT2D eigenvalue weighted by atomic mass is 16.1. The molecule has 0 spiro atoms. The molecule has 1 aromatic carbocycles. The molecule has 1 nitrogen and oxygen atoms in total. The van der Waals surface area contributed by atoms with Crippen LogP contribution in [0, 0.1) is 0 Å². The summed E-state index contributed by atoms with van der Waals surface area (Å²) in [6, 6.07) is 8.12. The van der Waals surface area contributed by atoms with Crippen LogP contribution in [0.3, 0.4) is 0 Å². The monoisotopic (exact) mass is 176 g/mol. The van der Waals surface area contributed by atoms with E-state index in [-0.39, 0.29) is 5.41 Å². The van der Waals surface area contributed by atoms with Gasteiger partial charge in [-0.1, -0.05) is 31.2 Å². The Bertz CT molecular complexity index is 300. The lowest BCUT2D eigenvalue weighted by molar-refractivity contribution is -0.111. The van der Waals surface area contributed by atoms with Crippen molar-refractivity contribution in [2.45, 2.75) is 32.6 Å². The molecule has 0 aliphatic heterocycles. The minimum absolute atomic E-state index is 0.355. The maximum absolute atomic E-state index is 10.9. The molecule has 1 heteroatoms. The first kappa shape index (κ1) is 9.97. The molecule has 0 saturated heterocycles. The van der Waals surface area contributed by atoms with E-state index in [2.05, 4.69) is 13.0 Å². The number of hydrogen-bond donors (Lipinski definition) is 0. The van der Waals surface area contributed by atoms with Gasteiger partial charge in [-0.25, -0.2) is 0 Å². The van der Waals surface area contributed by atoms with Gasteiger partial charge in [0.1, 0.15) is 6.29 Å². The minimum atomic E-state index is -0.355. The van der Waals surface area contributed by atoms with Crippen LogP contribution in [-0.2, 0) is 16.6 Å². The summed E-state index contributed by atoms with van der Waals surface area (Å²) in [5, 5.41) is 0. The van der Waals surface area contributed by atoms with Gasteiger partial charge in [0.15, 0.2) is 0 Å². The Kier molecular flexibility index (Phi) is 2.86. The van der Waals surface area contributed by atoms with Crippen LogP contribution >= 0.6 is 0 Å². The van der Waals surface area contributed by atoms with Crippen LogP contribution in [-0.4, -0.2) is 6.29 Å². The van der Waals surface area contributed by atoms with E-state index in [1.165, 1.54) is 5.56 Å². The number of rotatable bonds is 3. The zero-order valence-electron chi connectivity index (χ0n) is 8.50. The summed E-state index contributed by atoms with van der Waals surface area (Å²) in [6.45, 7) is 6.02. The van der Waals surface area contributed by atoms with Gasteiger partial charge in [-0.15, -0.1) is 0 Å². The van der Waals surface area contributed by atoms with Gasteiger partial charge in [-0.2, -0.15) is 0 Å². The number of aldehydes is 1. The fraction of sp³-hybridized carbons (Fsp3) is 0.417. The number of carbonyl (C=O) groups excluding carboxylic acids is 1. The molecule has 0 heterocycles. The normalized spacial score (nSPS) is 11.3. The summed E-state index contributed by atoms with van der Waals surface area (Å²) in [6.07, 6.45) is 1.99. The second kappa shape index (κ2) is 3.73. The molecule has 0 fully saturated rings. The van der Waals surface area contributed by atoms with Gasteiger partial charge in [0.2, 0.25) is 0 Å². The third kappa shape index (κ3) is 1.97. The predicted molar refractivity (Wildman–Crippen MR) is 54.9 cm³/mol. The third-order valence-electron chi connectivity index (χ3n) is 2.39. The van der Waals surface area contributed by atoms with Crippen molar-refractivity contribution in [1.29, 1.82) is 0 Å². The summed E-state index contributed by atoms with van der Waals surface area (Å²) in [7, 11) is 0. The topological polar surface area (TPSA) is 17.1 Å². The average Bonchev–Trinajstić information content (AvgIpc) is 2.18. The van der Waals surface area contributed by atoms with Gasteiger partial charge in [0, 0.05) is 5.41 Å². The molecule has 0 radical (unpaired) electrons. The summed E-state index contributed by atoms with van der Waals surface area (Å²) in [5.74, 6) is 0. The van der Waals surface area contributed by atoms with E-state index in [1.54, 1.807) is 0 Å². The Balaban J connectivity index is 3.20. The molecule has 13 heavy (non-hydrogen) atoms. The highest BCUT2D eigenvalue weighted by Gasteiger charge is 2.21. The standard InChI is InChI=1S/C12H16O/c1-4-10-7-5-6-8-11(10)12(2,3)9-13/h5-9H,4H2,1-3H3. The first-order chi connectivity index (χ1) is 6.11. The molecule has 0 aliphatic rings. The molecule has 0 aliphatic carbocycles. The molecule has 0 amide bonds. The fourth-order valence-electron chi connectivity index (χ4n) is 1.52. The molecule has 0 atom stereocenters. The van der Waals surface area contributed by atoms with E-state index in [4.69, 9.17) is 0 Å². The van der Waals surface area contributed by atoms with Crippen LogP contribution in [0.15, 0.2) is 24.3 Å². The second-order valence-corrected chi connectivity index (χ2v) is 3.85. The summed E-state index contributed by atoms with van der Waals surface area (Å²) < 4.78 is 0. The zero-order chi connectivity index (χ0) is 9.90. The Labute approximate surface area is 79.8 Å². The van der Waals surface area contributed by atoms with E-state index in [0.717, 1.165) is 18.3 Å². The van der Waals surface area contributed by atoms with Crippen molar-refractivity contribution >= 4 is 6.29 Å². The van der Waals surface area contributed by atoms with Gasteiger partial charge in [-0.05, 0) is 31.4 Å². The van der Waals surface area contributed by atoms with E-state index in [9.17, 15) is 4.79 Å². The summed E-state index contributed by atoms with van der Waals surface area (Å²) in [4.78, 5) is 10.9. The molecule has 0 bridgehead atoms. The minimum Gasteiger partial charge on any atom is -0.302 e. The maximum atomic E-state index is 10.9. The number of aryl methyl sites for hydroxylation is 1. The molecule has 0 aromatic heterocycles. The van der Waals surface area contributed by atoms with Crippen molar-refractivity contribution in [1.82, 2.24) is 0 Å². The van der Waals surface area contributed by atoms with Gasteiger partial charge >= 0.3 is 0 Å². The third-order valence-corrected chi connectivity index (χ3v) is 2.39. The van der Waals surface area contributed by atoms with Crippen molar-refractivity contribution in [3.8, 4) is 0 Å². The lowest BCUT2D eigenvalue weighted by Crippen LogP contribution is -2.20. The fourth-order valence-corrected chi connectivity index (χ4v) is 1.52. The molecule has 0 unspecified atom stereocenters. The summed E-state index contributed by atoms with van der Waals surface area (Å²) in [5.41, 5.74) is 2.05. The van der Waals surface area contributed by atoms with E-state index in [1.807, 2.05) is 32.0 Å². The second-order valence-electron chi connectivity index (χ2n) is 3.85. The van der Waals surface area contributed by atoms with Gasteiger partial charge in [0.25, 0.3) is 0 Å². The molecule has 1 rings (SSSR count). The van der Waals surface area contributed by atoms with Crippen molar-refractivity contribution in [2.24, 2.45) is 0 Å². The average molecular weight is 176 g/mol. The Morgan fingerprint density at radius 2 is 1.92 bits per heavy atom. The highest BCUT2D eigenvalue weighted by molar-refractivity contribution is 5.68. The maximum Gasteiger partial charge on any atom is 0.129 e. The van der Waals surface area contributed by atoms with Crippen LogP contribution in [0.25, 0.3) is 0 Å². The van der Waals surface area contributed by atoms with E-state index >= 15 is 0 Å². The first-order valence-corrected chi connectivity index (χ1v) is 4.66. The molecule has 0 N–H and O–H groups in total. The van der Waals surface area contributed by atoms with Gasteiger partial charge in [0.05, 0.1) is 0 Å². The molecular formula is C12H16O. The Morgan fingerprint density at radius 3 is 2.46 bits per heavy atom. The number of hydrogen-bond acceptors (Lipinski definition) is 1. The first-order valence-electron chi connectivity index (χ1n) is 4.66. The van der Waals surface area contributed by atoms with Crippen LogP contribution in [0.2, 0.25) is 0 Å². The quantitative estimate of drug-likeness (QED) is 0.647. The zero-order valence-corrected chi connectivity index (χ0v) is 8.50. The van der Waals surface area contributed by atoms with Crippen molar-refractivity contribution in [3.05, 3.63) is 35.4 Å². The molecule has 1 aromatic rings. The van der Waals surface area contributed by atoms with Crippen LogP contribution in [0.5, 0.6) is 0 Å². The number of carbonyl (C=O) groups is 1. The Morgan fingerprint density at radius 1 is 1.31 bits per heavy atom. The van der Waals surface area contributed by atoms with E-state index < -0.39 is 0 Å². The lowest BCUT2D eigenvalue weighted by atomic mass is 9.82. The predicted octanol–water partition coefficient (Wildman–Crippen LogP) is 2.73. The van der Waals surface area contributed by atoms with Gasteiger partial charge in [-0.3, -0.25) is 0 Å².